The summed E-state index contributed by atoms with van der Waals surface area (Å²) >= 11 is 0. The molecule has 1 aliphatic rings. The van der Waals surface area contributed by atoms with Crippen molar-refractivity contribution in [3.8, 4) is 0 Å². The fourth-order valence-electron chi connectivity index (χ4n) is 2.14. The molecule has 0 atom stereocenters. The minimum Gasteiger partial charge on any atom is -0.379 e. The lowest BCUT2D eigenvalue weighted by Gasteiger charge is -2.26. The first-order valence-electron chi connectivity index (χ1n) is 7.47. The number of aromatic nitrogens is 1. The summed E-state index contributed by atoms with van der Waals surface area (Å²) in [4.78, 5) is 29.7. The smallest absolute Gasteiger partial charge is 0.229 e. The Kier molecular flexibility index (Phi) is 6.79. The molecule has 2 amide bonds. The molecule has 0 aromatic carbocycles. The second kappa shape index (κ2) is 9.11. The number of pyridine rings is 1. The number of amides is 2. The highest BCUT2D eigenvalue weighted by atomic mass is 16.5. The number of carbonyl (C=O) groups is 2. The van der Waals surface area contributed by atoms with Gasteiger partial charge in [-0.3, -0.25) is 19.5 Å². The minimum absolute atomic E-state index is 0.157. The monoisotopic (exact) mass is 306 g/mol. The van der Waals surface area contributed by atoms with Gasteiger partial charge in [-0.2, -0.15) is 0 Å². The second-order valence-electron chi connectivity index (χ2n) is 5.08. The van der Waals surface area contributed by atoms with Crippen LogP contribution in [0.5, 0.6) is 0 Å². The highest BCUT2D eigenvalue weighted by Gasteiger charge is 2.12. The number of morpholine rings is 1. The number of hydrogen-bond acceptors (Lipinski definition) is 5. The lowest BCUT2D eigenvalue weighted by atomic mass is 10.3. The van der Waals surface area contributed by atoms with E-state index >= 15 is 0 Å². The number of carbonyl (C=O) groups excluding carboxylic acids is 2. The number of hydrogen-bond donors (Lipinski definition) is 2. The van der Waals surface area contributed by atoms with E-state index < -0.39 is 0 Å². The molecule has 1 fully saturated rings. The maximum Gasteiger partial charge on any atom is 0.229 e. The summed E-state index contributed by atoms with van der Waals surface area (Å²) in [7, 11) is 0. The Bertz CT molecular complexity index is 475. The van der Waals surface area contributed by atoms with E-state index in [0.29, 0.717) is 13.1 Å². The third-order valence-corrected chi connectivity index (χ3v) is 3.37. The summed E-state index contributed by atoms with van der Waals surface area (Å²) < 4.78 is 5.26. The Balaban J connectivity index is 1.56. The molecule has 0 saturated carbocycles. The SMILES string of the molecule is O=C(CC(=O)NCc1ccccn1)NCCN1CCOCC1. The summed E-state index contributed by atoms with van der Waals surface area (Å²) in [5.41, 5.74) is 0.767. The first kappa shape index (κ1) is 16.4. The predicted molar refractivity (Wildman–Crippen MR) is 81.0 cm³/mol. The number of ether oxygens (including phenoxy) is 1. The van der Waals surface area contributed by atoms with E-state index in [9.17, 15) is 9.59 Å². The van der Waals surface area contributed by atoms with Crippen molar-refractivity contribution >= 4 is 11.8 Å². The summed E-state index contributed by atoms with van der Waals surface area (Å²) in [6, 6.07) is 5.49. The van der Waals surface area contributed by atoms with Crippen LogP contribution in [-0.2, 0) is 20.9 Å². The fourth-order valence-corrected chi connectivity index (χ4v) is 2.14. The Morgan fingerprint density at radius 3 is 2.68 bits per heavy atom. The van der Waals surface area contributed by atoms with Gasteiger partial charge in [-0.25, -0.2) is 0 Å². The first-order valence-corrected chi connectivity index (χ1v) is 7.47. The van der Waals surface area contributed by atoms with Crippen LogP contribution in [0, 0.1) is 0 Å². The van der Waals surface area contributed by atoms with Gasteiger partial charge in [-0.05, 0) is 12.1 Å². The van der Waals surface area contributed by atoms with Gasteiger partial charge in [0, 0.05) is 32.4 Å². The second-order valence-corrected chi connectivity index (χ2v) is 5.08. The van der Waals surface area contributed by atoms with Crippen molar-refractivity contribution in [1.82, 2.24) is 20.5 Å². The van der Waals surface area contributed by atoms with Gasteiger partial charge in [0.25, 0.3) is 0 Å². The molecule has 120 valence electrons. The van der Waals surface area contributed by atoms with E-state index in [2.05, 4.69) is 20.5 Å². The van der Waals surface area contributed by atoms with Crippen LogP contribution in [0.2, 0.25) is 0 Å². The van der Waals surface area contributed by atoms with Crippen molar-refractivity contribution in [3.05, 3.63) is 30.1 Å². The Morgan fingerprint density at radius 1 is 1.18 bits per heavy atom. The van der Waals surface area contributed by atoms with Gasteiger partial charge in [-0.15, -0.1) is 0 Å². The molecular formula is C15H22N4O3. The molecule has 7 heteroatoms. The third kappa shape index (κ3) is 6.19. The van der Waals surface area contributed by atoms with Crippen LogP contribution in [0.4, 0.5) is 0 Å². The van der Waals surface area contributed by atoms with Crippen LogP contribution in [0.15, 0.2) is 24.4 Å². The van der Waals surface area contributed by atoms with Crippen LogP contribution in [0.25, 0.3) is 0 Å². The van der Waals surface area contributed by atoms with Crippen LogP contribution in [-0.4, -0.2) is 61.1 Å². The van der Waals surface area contributed by atoms with Gasteiger partial charge in [0.1, 0.15) is 6.42 Å². The fraction of sp³-hybridized carbons (Fsp3) is 0.533. The van der Waals surface area contributed by atoms with E-state index in [1.54, 1.807) is 6.20 Å². The van der Waals surface area contributed by atoms with Crippen molar-refractivity contribution in [2.45, 2.75) is 13.0 Å². The van der Waals surface area contributed by atoms with Crippen molar-refractivity contribution < 1.29 is 14.3 Å². The standard InChI is InChI=1S/C15H22N4O3/c20-14(17-5-6-19-7-9-22-10-8-19)11-15(21)18-12-13-3-1-2-4-16-13/h1-4H,5-12H2,(H,17,20)(H,18,21). The van der Waals surface area contributed by atoms with E-state index in [-0.39, 0.29) is 18.2 Å². The quantitative estimate of drug-likeness (QED) is 0.666. The van der Waals surface area contributed by atoms with Crippen molar-refractivity contribution in [2.75, 3.05) is 39.4 Å². The molecule has 22 heavy (non-hydrogen) atoms. The topological polar surface area (TPSA) is 83.6 Å². The van der Waals surface area contributed by atoms with Gasteiger partial charge in [0.05, 0.1) is 25.5 Å². The minimum atomic E-state index is -0.297. The third-order valence-electron chi connectivity index (χ3n) is 3.37. The van der Waals surface area contributed by atoms with E-state index in [1.165, 1.54) is 0 Å². The molecule has 2 rings (SSSR count). The average Bonchev–Trinajstić information content (AvgIpc) is 2.55. The van der Waals surface area contributed by atoms with Gasteiger partial charge >= 0.3 is 0 Å². The maximum absolute atomic E-state index is 11.7. The Hall–Kier alpha value is -1.99. The number of rotatable bonds is 7. The van der Waals surface area contributed by atoms with E-state index in [4.69, 9.17) is 4.74 Å². The zero-order chi connectivity index (χ0) is 15.6. The van der Waals surface area contributed by atoms with Crippen LogP contribution in [0.1, 0.15) is 12.1 Å². The molecule has 0 spiro atoms. The Labute approximate surface area is 130 Å². The molecule has 2 heterocycles. The largest absolute Gasteiger partial charge is 0.379 e. The first-order chi connectivity index (χ1) is 10.7. The number of nitrogens with one attached hydrogen (secondary N) is 2. The molecule has 0 unspecified atom stereocenters. The van der Waals surface area contributed by atoms with Crippen LogP contribution < -0.4 is 10.6 Å². The molecule has 1 aromatic heterocycles. The number of nitrogens with zero attached hydrogens (tertiary/aromatic N) is 2. The molecule has 1 aromatic rings. The molecule has 2 N–H and O–H groups in total. The summed E-state index contributed by atoms with van der Waals surface area (Å²) in [5, 5.41) is 5.44. The molecular weight excluding hydrogens is 284 g/mol. The predicted octanol–water partition coefficient (Wildman–Crippen LogP) is -0.464. The van der Waals surface area contributed by atoms with E-state index in [0.717, 1.165) is 38.5 Å². The average molecular weight is 306 g/mol. The van der Waals surface area contributed by atoms with Crippen molar-refractivity contribution in [3.63, 3.8) is 0 Å². The maximum atomic E-state index is 11.7. The van der Waals surface area contributed by atoms with Crippen LogP contribution in [0.3, 0.4) is 0 Å². The van der Waals surface area contributed by atoms with Crippen molar-refractivity contribution in [1.29, 1.82) is 0 Å². The summed E-state index contributed by atoms with van der Waals surface area (Å²) in [6.07, 6.45) is 1.51. The lowest BCUT2D eigenvalue weighted by Crippen LogP contribution is -2.42. The highest BCUT2D eigenvalue weighted by molar-refractivity contribution is 5.96. The molecule has 1 aliphatic heterocycles. The zero-order valence-corrected chi connectivity index (χ0v) is 12.6. The zero-order valence-electron chi connectivity index (χ0n) is 12.6. The molecule has 0 aliphatic carbocycles. The molecule has 7 nitrogen and oxygen atoms in total. The van der Waals surface area contributed by atoms with Crippen molar-refractivity contribution in [2.24, 2.45) is 0 Å². The van der Waals surface area contributed by atoms with E-state index in [1.807, 2.05) is 18.2 Å². The molecule has 0 bridgehead atoms. The Morgan fingerprint density at radius 2 is 1.95 bits per heavy atom. The lowest BCUT2D eigenvalue weighted by molar-refractivity contribution is -0.129. The van der Waals surface area contributed by atoms with Gasteiger partial charge in [0.2, 0.25) is 11.8 Å². The van der Waals surface area contributed by atoms with Gasteiger partial charge < -0.3 is 15.4 Å². The van der Waals surface area contributed by atoms with Gasteiger partial charge in [0.15, 0.2) is 0 Å². The molecule has 1 saturated heterocycles. The molecule has 0 radical (unpaired) electrons. The summed E-state index contributed by atoms with van der Waals surface area (Å²) in [5.74, 6) is -0.554. The summed E-state index contributed by atoms with van der Waals surface area (Å²) in [6.45, 7) is 4.92. The van der Waals surface area contributed by atoms with Gasteiger partial charge in [-0.1, -0.05) is 6.07 Å². The normalized spacial score (nSPS) is 15.3. The van der Waals surface area contributed by atoms with Crippen LogP contribution >= 0.6 is 0 Å². The highest BCUT2D eigenvalue weighted by Crippen LogP contribution is 1.95.